The molecule has 6 nitrogen and oxygen atoms in total. The number of benzene rings is 1. The van der Waals surface area contributed by atoms with Crippen LogP contribution in [-0.4, -0.2) is 48.1 Å². The number of imide groups is 1. The first-order valence-corrected chi connectivity index (χ1v) is 8.61. The molecule has 2 atom stereocenters. The third-order valence-corrected chi connectivity index (χ3v) is 5.00. The van der Waals surface area contributed by atoms with Crippen molar-refractivity contribution in [1.29, 1.82) is 0 Å². The zero-order chi connectivity index (χ0) is 17.8. The summed E-state index contributed by atoms with van der Waals surface area (Å²) in [7, 11) is 0. The third-order valence-electron chi connectivity index (χ3n) is 5.00. The monoisotopic (exact) mass is 342 g/mol. The standard InChI is InChI=1S/C19H22N2O4/c1-20-17(14-7-9-16(22)10-8-14)18(23)21-15(12-25-19(21)24)11-13-5-3-2-4-6-13/h2-6,14-15,17H,1,7-12H2/t15-,17-/m0/s1. The van der Waals surface area contributed by atoms with Gasteiger partial charge in [-0.25, -0.2) is 9.69 Å². The van der Waals surface area contributed by atoms with Crippen LogP contribution in [0.25, 0.3) is 0 Å². The average Bonchev–Trinajstić information content (AvgIpc) is 2.98. The Labute approximate surface area is 146 Å². The van der Waals surface area contributed by atoms with Crippen molar-refractivity contribution in [3.8, 4) is 0 Å². The number of ether oxygens (including phenoxy) is 1. The van der Waals surface area contributed by atoms with E-state index in [-0.39, 0.29) is 30.3 Å². The lowest BCUT2D eigenvalue weighted by molar-refractivity contribution is -0.133. The lowest BCUT2D eigenvalue weighted by Gasteiger charge is -2.29. The first kappa shape index (κ1) is 17.3. The van der Waals surface area contributed by atoms with E-state index in [2.05, 4.69) is 11.7 Å². The van der Waals surface area contributed by atoms with Gasteiger partial charge in [0.05, 0.1) is 6.04 Å². The maximum atomic E-state index is 13.0. The van der Waals surface area contributed by atoms with Gasteiger partial charge in [-0.3, -0.25) is 14.6 Å². The highest BCUT2D eigenvalue weighted by Gasteiger charge is 2.43. The number of carbonyl (C=O) groups is 3. The number of Topliss-reactive ketones (excluding diaryl/α,β-unsaturated/α-hetero) is 1. The summed E-state index contributed by atoms with van der Waals surface area (Å²) in [5, 5.41) is 0. The SMILES string of the molecule is C=N[C@H](C(=O)N1C(=O)OC[C@@H]1Cc1ccccc1)C1CCC(=O)CC1. The Kier molecular flexibility index (Phi) is 5.26. The fourth-order valence-electron chi connectivity index (χ4n) is 3.62. The number of cyclic esters (lactones) is 1. The van der Waals surface area contributed by atoms with Gasteiger partial charge < -0.3 is 4.74 Å². The third kappa shape index (κ3) is 3.78. The molecule has 132 valence electrons. The van der Waals surface area contributed by atoms with Crippen molar-refractivity contribution in [3.05, 3.63) is 35.9 Å². The molecule has 0 spiro atoms. The van der Waals surface area contributed by atoms with Crippen LogP contribution >= 0.6 is 0 Å². The van der Waals surface area contributed by atoms with E-state index in [9.17, 15) is 14.4 Å². The summed E-state index contributed by atoms with van der Waals surface area (Å²) < 4.78 is 5.12. The molecule has 1 aromatic carbocycles. The summed E-state index contributed by atoms with van der Waals surface area (Å²) in [6.07, 6.45) is 2.07. The van der Waals surface area contributed by atoms with Gasteiger partial charge in [0, 0.05) is 12.8 Å². The van der Waals surface area contributed by atoms with Crippen LogP contribution in [0.4, 0.5) is 4.79 Å². The highest BCUT2D eigenvalue weighted by Crippen LogP contribution is 2.29. The first-order chi connectivity index (χ1) is 12.1. The Morgan fingerprint density at radius 3 is 2.56 bits per heavy atom. The number of aliphatic imine (C=N–C) groups is 1. The van der Waals surface area contributed by atoms with Gasteiger partial charge >= 0.3 is 6.09 Å². The van der Waals surface area contributed by atoms with Crippen molar-refractivity contribution < 1.29 is 19.1 Å². The summed E-state index contributed by atoms with van der Waals surface area (Å²) in [5.74, 6) is -0.194. The molecule has 3 rings (SSSR count). The number of carbonyl (C=O) groups excluding carboxylic acids is 3. The normalized spacial score (nSPS) is 22.6. The average molecular weight is 342 g/mol. The van der Waals surface area contributed by atoms with Crippen molar-refractivity contribution in [2.24, 2.45) is 10.9 Å². The predicted octanol–water partition coefficient (Wildman–Crippen LogP) is 2.41. The minimum absolute atomic E-state index is 0.0477. The number of hydrogen-bond acceptors (Lipinski definition) is 5. The van der Waals surface area contributed by atoms with E-state index < -0.39 is 12.1 Å². The second-order valence-corrected chi connectivity index (χ2v) is 6.63. The van der Waals surface area contributed by atoms with E-state index in [1.807, 2.05) is 30.3 Å². The topological polar surface area (TPSA) is 76.0 Å². The Morgan fingerprint density at radius 2 is 1.92 bits per heavy atom. The largest absolute Gasteiger partial charge is 0.447 e. The lowest BCUT2D eigenvalue weighted by atomic mass is 9.83. The predicted molar refractivity (Wildman–Crippen MR) is 92.4 cm³/mol. The molecule has 1 aliphatic heterocycles. The Balaban J connectivity index is 1.74. The minimum atomic E-state index is -0.697. The maximum absolute atomic E-state index is 13.0. The lowest BCUT2D eigenvalue weighted by Crippen LogP contribution is -2.47. The van der Waals surface area contributed by atoms with Crippen LogP contribution in [-0.2, 0) is 20.7 Å². The molecule has 2 fully saturated rings. The molecule has 0 unspecified atom stereocenters. The van der Waals surface area contributed by atoms with Crippen LogP contribution in [0.15, 0.2) is 35.3 Å². The maximum Gasteiger partial charge on any atom is 0.417 e. The number of ketones is 1. The molecule has 0 aromatic heterocycles. The smallest absolute Gasteiger partial charge is 0.417 e. The number of hydrogen-bond donors (Lipinski definition) is 0. The molecule has 1 heterocycles. The second-order valence-electron chi connectivity index (χ2n) is 6.63. The van der Waals surface area contributed by atoms with Gasteiger partial charge in [-0.2, -0.15) is 0 Å². The second kappa shape index (κ2) is 7.59. The summed E-state index contributed by atoms with van der Waals surface area (Å²) in [6, 6.07) is 8.65. The summed E-state index contributed by atoms with van der Waals surface area (Å²) >= 11 is 0. The molecule has 2 amide bonds. The van der Waals surface area contributed by atoms with Gasteiger partial charge in [0.25, 0.3) is 5.91 Å². The molecule has 25 heavy (non-hydrogen) atoms. The number of nitrogens with zero attached hydrogens (tertiary/aromatic N) is 2. The summed E-state index contributed by atoms with van der Waals surface area (Å²) in [6.45, 7) is 3.73. The molecule has 0 bridgehead atoms. The van der Waals surface area contributed by atoms with E-state index in [4.69, 9.17) is 4.74 Å². The van der Waals surface area contributed by atoms with Crippen LogP contribution in [0.2, 0.25) is 0 Å². The minimum Gasteiger partial charge on any atom is -0.447 e. The van der Waals surface area contributed by atoms with Crippen LogP contribution in [0, 0.1) is 5.92 Å². The zero-order valence-electron chi connectivity index (χ0n) is 14.1. The van der Waals surface area contributed by atoms with Crippen LogP contribution in [0.5, 0.6) is 0 Å². The van der Waals surface area contributed by atoms with E-state index in [0.717, 1.165) is 5.56 Å². The molecule has 0 N–H and O–H groups in total. The summed E-state index contributed by atoms with van der Waals surface area (Å²) in [4.78, 5) is 41.7. The fourth-order valence-corrected chi connectivity index (χ4v) is 3.62. The molecule has 1 saturated heterocycles. The first-order valence-electron chi connectivity index (χ1n) is 8.61. The molecule has 0 radical (unpaired) electrons. The fraction of sp³-hybridized carbons (Fsp3) is 0.474. The van der Waals surface area contributed by atoms with E-state index in [0.29, 0.717) is 32.1 Å². The highest BCUT2D eigenvalue weighted by molar-refractivity contribution is 5.97. The van der Waals surface area contributed by atoms with Gasteiger partial charge in [0.1, 0.15) is 18.4 Å². The molecule has 1 saturated carbocycles. The number of amides is 2. The highest BCUT2D eigenvalue weighted by atomic mass is 16.6. The zero-order valence-corrected chi connectivity index (χ0v) is 14.1. The van der Waals surface area contributed by atoms with Crippen LogP contribution in [0.1, 0.15) is 31.2 Å². The van der Waals surface area contributed by atoms with Crippen molar-refractivity contribution in [3.63, 3.8) is 0 Å². The van der Waals surface area contributed by atoms with E-state index in [1.165, 1.54) is 4.90 Å². The van der Waals surface area contributed by atoms with Gasteiger partial charge in [0.2, 0.25) is 0 Å². The molecular formula is C19H22N2O4. The van der Waals surface area contributed by atoms with Gasteiger partial charge in [-0.05, 0) is 37.5 Å². The van der Waals surface area contributed by atoms with Gasteiger partial charge in [0.15, 0.2) is 0 Å². The molecule has 1 aromatic rings. The Hall–Kier alpha value is -2.50. The van der Waals surface area contributed by atoms with E-state index >= 15 is 0 Å². The van der Waals surface area contributed by atoms with E-state index in [1.54, 1.807) is 0 Å². The molecular weight excluding hydrogens is 320 g/mol. The van der Waals surface area contributed by atoms with Crippen LogP contribution in [0.3, 0.4) is 0 Å². The quantitative estimate of drug-likeness (QED) is 0.770. The van der Waals surface area contributed by atoms with Crippen molar-refractivity contribution >= 4 is 24.5 Å². The molecule has 1 aliphatic carbocycles. The molecule has 2 aliphatic rings. The van der Waals surface area contributed by atoms with Crippen molar-refractivity contribution in [2.45, 2.75) is 44.2 Å². The van der Waals surface area contributed by atoms with Crippen molar-refractivity contribution in [2.75, 3.05) is 6.61 Å². The van der Waals surface area contributed by atoms with Crippen molar-refractivity contribution in [1.82, 2.24) is 4.90 Å². The summed E-state index contributed by atoms with van der Waals surface area (Å²) in [5.41, 5.74) is 1.04. The van der Waals surface area contributed by atoms with Crippen LogP contribution < -0.4 is 0 Å². The van der Waals surface area contributed by atoms with Gasteiger partial charge in [-0.15, -0.1) is 0 Å². The van der Waals surface area contributed by atoms with Gasteiger partial charge in [-0.1, -0.05) is 30.3 Å². The Bertz CT molecular complexity index is 663. The number of rotatable bonds is 5. The Morgan fingerprint density at radius 1 is 1.24 bits per heavy atom. The molecule has 6 heteroatoms.